The molecule has 0 amide bonds. The minimum absolute atomic E-state index is 0.0114. The molecule has 0 heterocycles. The summed E-state index contributed by atoms with van der Waals surface area (Å²) in [5.74, 6) is -0.103. The monoisotopic (exact) mass is 412 g/mol. The van der Waals surface area contributed by atoms with Crippen molar-refractivity contribution in [2.24, 2.45) is 17.8 Å². The fourth-order valence-electron chi connectivity index (χ4n) is 3.87. The van der Waals surface area contributed by atoms with E-state index in [0.29, 0.717) is 5.92 Å². The van der Waals surface area contributed by atoms with Crippen molar-refractivity contribution in [3.63, 3.8) is 0 Å². The Balaban J connectivity index is 2.52. The highest BCUT2D eigenvalue weighted by Crippen LogP contribution is 2.35. The van der Waals surface area contributed by atoms with Gasteiger partial charge in [0.15, 0.2) is 0 Å². The molecular formula is C23H40O6. The van der Waals surface area contributed by atoms with Gasteiger partial charge in [-0.3, -0.25) is 0 Å². The Hall–Kier alpha value is -1.40. The highest BCUT2D eigenvalue weighted by molar-refractivity contribution is 5.88. The van der Waals surface area contributed by atoms with Crippen LogP contribution >= 0.6 is 0 Å². The van der Waals surface area contributed by atoms with Gasteiger partial charge in [0.25, 0.3) is 0 Å². The summed E-state index contributed by atoms with van der Waals surface area (Å²) in [7, 11) is 0. The number of ether oxygens (including phenoxy) is 2. The molecule has 6 heteroatoms. The van der Waals surface area contributed by atoms with E-state index >= 15 is 0 Å². The van der Waals surface area contributed by atoms with Crippen molar-refractivity contribution < 1.29 is 29.3 Å². The molecule has 1 aliphatic rings. The van der Waals surface area contributed by atoms with E-state index in [-0.39, 0.29) is 24.7 Å². The van der Waals surface area contributed by atoms with Crippen LogP contribution in [0.5, 0.6) is 0 Å². The van der Waals surface area contributed by atoms with Crippen molar-refractivity contribution in [3.8, 4) is 0 Å². The normalized spacial score (nSPS) is 22.4. The Bertz CT molecular complexity index is 505. The molecule has 0 bridgehead atoms. The molecule has 3 unspecified atom stereocenters. The highest BCUT2D eigenvalue weighted by atomic mass is 16.6. The van der Waals surface area contributed by atoms with Crippen molar-refractivity contribution >= 4 is 11.9 Å². The number of hydrogen-bond donors (Lipinski definition) is 2. The minimum Gasteiger partial charge on any atom is -0.463 e. The maximum Gasteiger partial charge on any atom is 0.336 e. The van der Waals surface area contributed by atoms with Crippen LogP contribution in [0.4, 0.5) is 0 Å². The van der Waals surface area contributed by atoms with Crippen LogP contribution in [-0.4, -0.2) is 47.6 Å². The van der Waals surface area contributed by atoms with Crippen LogP contribution in [0.3, 0.4) is 0 Å². The molecule has 0 aliphatic heterocycles. The molecule has 1 saturated carbocycles. The Morgan fingerprint density at radius 1 is 0.966 bits per heavy atom. The average Bonchev–Trinajstić information content (AvgIpc) is 2.70. The Morgan fingerprint density at radius 3 is 2.10 bits per heavy atom. The third kappa shape index (κ3) is 10.3. The molecule has 0 spiro atoms. The first-order valence-electron chi connectivity index (χ1n) is 11.1. The zero-order chi connectivity index (χ0) is 21.8. The molecule has 0 aromatic heterocycles. The second kappa shape index (κ2) is 13.8. The lowest BCUT2D eigenvalue weighted by Gasteiger charge is -2.31. The lowest BCUT2D eigenvalue weighted by Crippen LogP contribution is -2.28. The first-order chi connectivity index (χ1) is 13.7. The lowest BCUT2D eigenvalue weighted by atomic mass is 9.76. The van der Waals surface area contributed by atoms with Crippen LogP contribution in [0.1, 0.15) is 78.6 Å². The van der Waals surface area contributed by atoms with Gasteiger partial charge in [0.2, 0.25) is 0 Å². The summed E-state index contributed by atoms with van der Waals surface area (Å²) in [4.78, 5) is 23.6. The minimum atomic E-state index is -1.17. The van der Waals surface area contributed by atoms with Crippen LogP contribution < -0.4 is 0 Å². The zero-order valence-electron chi connectivity index (χ0n) is 18.4. The van der Waals surface area contributed by atoms with Gasteiger partial charge in [-0.25, -0.2) is 9.59 Å². The predicted octanol–water partition coefficient (Wildman–Crippen LogP) is 3.78. The molecule has 1 aliphatic carbocycles. The van der Waals surface area contributed by atoms with Crippen molar-refractivity contribution in [2.75, 3.05) is 13.2 Å². The van der Waals surface area contributed by atoms with E-state index in [1.165, 1.54) is 52.4 Å². The summed E-state index contributed by atoms with van der Waals surface area (Å²) in [6.07, 6.45) is 8.61. The molecular weight excluding hydrogens is 372 g/mol. The van der Waals surface area contributed by atoms with Crippen LogP contribution in [-0.2, 0) is 19.1 Å². The van der Waals surface area contributed by atoms with Crippen molar-refractivity contribution in [2.45, 2.75) is 90.8 Å². The Morgan fingerprint density at radius 2 is 1.55 bits per heavy atom. The van der Waals surface area contributed by atoms with Crippen molar-refractivity contribution in [1.82, 2.24) is 0 Å². The number of carbonyl (C=O) groups is 2. The van der Waals surface area contributed by atoms with E-state index in [1.54, 1.807) is 0 Å². The van der Waals surface area contributed by atoms with Gasteiger partial charge in [-0.2, -0.15) is 0 Å². The lowest BCUT2D eigenvalue weighted by molar-refractivity contribution is -0.155. The predicted molar refractivity (Wildman–Crippen MR) is 112 cm³/mol. The molecule has 168 valence electrons. The molecule has 0 aromatic carbocycles. The molecule has 1 fully saturated rings. The standard InChI is InChI=1S/C23H40O6/c1-5-6-7-8-19-9-11-20(12-10-19)13-21(15-29-23(27)18(4)25)14-28-22(26)16(2)17(3)24/h17-21,24-25H,2,5-15H2,1,3-4H3. The molecule has 29 heavy (non-hydrogen) atoms. The number of hydrogen-bond acceptors (Lipinski definition) is 6. The van der Waals surface area contributed by atoms with Gasteiger partial charge in [-0.15, -0.1) is 0 Å². The third-order valence-corrected chi connectivity index (χ3v) is 5.87. The second-order valence-corrected chi connectivity index (χ2v) is 8.59. The number of unbranched alkanes of at least 4 members (excludes halogenated alkanes) is 2. The van der Waals surface area contributed by atoms with E-state index in [9.17, 15) is 19.8 Å². The maximum atomic E-state index is 12.0. The van der Waals surface area contributed by atoms with Crippen LogP contribution in [0.25, 0.3) is 0 Å². The summed E-state index contributed by atoms with van der Waals surface area (Å²) in [6, 6.07) is 0. The van der Waals surface area contributed by atoms with E-state index in [2.05, 4.69) is 13.5 Å². The van der Waals surface area contributed by atoms with E-state index in [0.717, 1.165) is 25.2 Å². The molecule has 6 nitrogen and oxygen atoms in total. The van der Waals surface area contributed by atoms with Gasteiger partial charge in [0.05, 0.1) is 24.9 Å². The average molecular weight is 413 g/mol. The first kappa shape index (κ1) is 25.6. The molecule has 0 saturated heterocycles. The maximum absolute atomic E-state index is 12.0. The summed E-state index contributed by atoms with van der Waals surface area (Å²) in [5.41, 5.74) is 0.0114. The first-order valence-corrected chi connectivity index (χ1v) is 11.1. The summed E-state index contributed by atoms with van der Waals surface area (Å²) in [6.45, 7) is 8.81. The Kier molecular flexibility index (Phi) is 12.2. The summed E-state index contributed by atoms with van der Waals surface area (Å²) in [5, 5.41) is 18.8. The molecule has 0 radical (unpaired) electrons. The second-order valence-electron chi connectivity index (χ2n) is 8.59. The topological polar surface area (TPSA) is 93.1 Å². The van der Waals surface area contributed by atoms with Gasteiger partial charge in [-0.05, 0) is 32.1 Å². The molecule has 2 N–H and O–H groups in total. The van der Waals surface area contributed by atoms with Gasteiger partial charge >= 0.3 is 11.9 Å². The number of esters is 2. The Labute approximate surface area is 175 Å². The fraction of sp³-hybridized carbons (Fsp3) is 0.826. The summed E-state index contributed by atoms with van der Waals surface area (Å²) >= 11 is 0. The van der Waals surface area contributed by atoms with Gasteiger partial charge in [-0.1, -0.05) is 64.9 Å². The number of aliphatic hydroxyl groups is 2. The fourth-order valence-corrected chi connectivity index (χ4v) is 3.87. The smallest absolute Gasteiger partial charge is 0.336 e. The van der Waals surface area contributed by atoms with E-state index < -0.39 is 24.1 Å². The molecule has 0 aromatic rings. The summed E-state index contributed by atoms with van der Waals surface area (Å²) < 4.78 is 10.5. The third-order valence-electron chi connectivity index (χ3n) is 5.87. The van der Waals surface area contributed by atoms with Gasteiger partial charge in [0, 0.05) is 5.92 Å². The number of carbonyl (C=O) groups excluding carboxylic acids is 2. The van der Waals surface area contributed by atoms with Crippen molar-refractivity contribution in [1.29, 1.82) is 0 Å². The molecule has 1 rings (SSSR count). The number of aliphatic hydroxyl groups excluding tert-OH is 2. The molecule has 3 atom stereocenters. The zero-order valence-corrected chi connectivity index (χ0v) is 18.4. The SMILES string of the molecule is C=C(C(=O)OCC(COC(=O)C(C)O)CC1CCC(CCCCC)CC1)C(C)O. The van der Waals surface area contributed by atoms with Crippen LogP contribution in [0.2, 0.25) is 0 Å². The van der Waals surface area contributed by atoms with E-state index in [1.807, 2.05) is 0 Å². The number of rotatable bonds is 13. The van der Waals surface area contributed by atoms with Gasteiger partial charge in [0.1, 0.15) is 6.10 Å². The highest BCUT2D eigenvalue weighted by Gasteiger charge is 2.26. The quantitative estimate of drug-likeness (QED) is 0.272. The largest absolute Gasteiger partial charge is 0.463 e. The van der Waals surface area contributed by atoms with E-state index in [4.69, 9.17) is 9.47 Å². The van der Waals surface area contributed by atoms with Crippen LogP contribution in [0.15, 0.2) is 12.2 Å². The van der Waals surface area contributed by atoms with Gasteiger partial charge < -0.3 is 19.7 Å². The van der Waals surface area contributed by atoms with Crippen molar-refractivity contribution in [3.05, 3.63) is 12.2 Å². The van der Waals surface area contributed by atoms with Crippen LogP contribution in [0, 0.1) is 17.8 Å².